The van der Waals surface area contributed by atoms with Crippen molar-refractivity contribution in [1.82, 2.24) is 10.1 Å². The summed E-state index contributed by atoms with van der Waals surface area (Å²) in [6.45, 7) is 11.4. The molecule has 1 aliphatic heterocycles. The number of anilines is 2. The number of carbonyl (C=O) groups is 1. The summed E-state index contributed by atoms with van der Waals surface area (Å²) < 4.78 is 16.5. The van der Waals surface area contributed by atoms with Crippen LogP contribution in [0.4, 0.5) is 16.3 Å². The molecule has 0 spiro atoms. The lowest BCUT2D eigenvalue weighted by atomic mass is 9.93. The van der Waals surface area contributed by atoms with E-state index in [9.17, 15) is 4.79 Å². The SMILES string of the molecule is CC(C)(C)c1cc(NC(=O)Nc2ccc(C#Cc3ccc(OCCCN4CCOCC4)cc3)cc2)no1. The van der Waals surface area contributed by atoms with Crippen LogP contribution in [0.2, 0.25) is 0 Å². The Labute approximate surface area is 218 Å². The number of carbonyl (C=O) groups excluding carboxylic acids is 1. The molecule has 4 rings (SSSR count). The molecule has 0 saturated carbocycles. The normalized spacial score (nSPS) is 13.9. The topological polar surface area (TPSA) is 88.9 Å². The van der Waals surface area contributed by atoms with Crippen molar-refractivity contribution >= 4 is 17.5 Å². The highest BCUT2D eigenvalue weighted by molar-refractivity contribution is 5.99. The third-order valence-corrected chi connectivity index (χ3v) is 5.83. The molecule has 0 atom stereocenters. The molecule has 37 heavy (non-hydrogen) atoms. The Kier molecular flexibility index (Phi) is 8.83. The fourth-order valence-electron chi connectivity index (χ4n) is 3.68. The van der Waals surface area contributed by atoms with Gasteiger partial charge in [-0.25, -0.2) is 4.79 Å². The summed E-state index contributed by atoms with van der Waals surface area (Å²) in [5.41, 5.74) is 2.22. The van der Waals surface area contributed by atoms with Crippen LogP contribution in [-0.4, -0.2) is 55.5 Å². The van der Waals surface area contributed by atoms with Gasteiger partial charge < -0.3 is 19.3 Å². The molecule has 1 aromatic heterocycles. The molecule has 0 bridgehead atoms. The Morgan fingerprint density at radius 1 is 1.00 bits per heavy atom. The van der Waals surface area contributed by atoms with Crippen LogP contribution < -0.4 is 15.4 Å². The first kappa shape index (κ1) is 26.3. The lowest BCUT2D eigenvalue weighted by Gasteiger charge is -2.26. The van der Waals surface area contributed by atoms with Crippen molar-refractivity contribution in [3.05, 3.63) is 71.5 Å². The number of rotatable bonds is 7. The van der Waals surface area contributed by atoms with Gasteiger partial charge in [-0.05, 0) is 55.0 Å². The molecule has 1 aliphatic rings. The molecule has 8 heteroatoms. The maximum Gasteiger partial charge on any atom is 0.324 e. The Bertz CT molecular complexity index is 1210. The van der Waals surface area contributed by atoms with Gasteiger partial charge in [0.2, 0.25) is 0 Å². The molecule has 1 fully saturated rings. The van der Waals surface area contributed by atoms with E-state index in [1.54, 1.807) is 18.2 Å². The fourth-order valence-corrected chi connectivity index (χ4v) is 3.68. The number of hydrogen-bond acceptors (Lipinski definition) is 6. The molecular weight excluding hydrogens is 468 g/mol. The number of amides is 2. The molecule has 8 nitrogen and oxygen atoms in total. The number of hydrogen-bond donors (Lipinski definition) is 2. The third kappa shape index (κ3) is 8.38. The first-order valence-electron chi connectivity index (χ1n) is 12.6. The van der Waals surface area contributed by atoms with Gasteiger partial charge in [-0.3, -0.25) is 10.2 Å². The standard InChI is InChI=1S/C29H34N4O4/c1-29(2,3)26-21-27(32-37-26)31-28(34)30-24-11-7-22(8-12-24)5-6-23-9-13-25(14-10-23)36-18-4-15-33-16-19-35-20-17-33/h7-14,21H,4,15-20H2,1-3H3,(H2,30,31,32,34). The minimum atomic E-state index is -0.393. The van der Waals surface area contributed by atoms with Crippen molar-refractivity contribution in [1.29, 1.82) is 0 Å². The molecule has 0 radical (unpaired) electrons. The summed E-state index contributed by atoms with van der Waals surface area (Å²) in [5.74, 6) is 8.23. The molecule has 2 amide bonds. The van der Waals surface area contributed by atoms with E-state index in [1.807, 2.05) is 57.2 Å². The zero-order valence-corrected chi connectivity index (χ0v) is 21.7. The van der Waals surface area contributed by atoms with E-state index in [-0.39, 0.29) is 5.41 Å². The minimum Gasteiger partial charge on any atom is -0.494 e. The molecule has 2 N–H and O–H groups in total. The van der Waals surface area contributed by atoms with Crippen LogP contribution in [0.5, 0.6) is 5.75 Å². The van der Waals surface area contributed by atoms with Crippen LogP contribution in [0.25, 0.3) is 0 Å². The van der Waals surface area contributed by atoms with Gasteiger partial charge in [0.05, 0.1) is 19.8 Å². The van der Waals surface area contributed by atoms with Gasteiger partial charge in [0, 0.05) is 47.9 Å². The zero-order valence-electron chi connectivity index (χ0n) is 21.7. The van der Waals surface area contributed by atoms with Gasteiger partial charge in [-0.15, -0.1) is 0 Å². The predicted octanol–water partition coefficient (Wildman–Crippen LogP) is 5.12. The molecule has 2 aromatic carbocycles. The molecule has 3 aromatic rings. The van der Waals surface area contributed by atoms with Crippen molar-refractivity contribution in [3.8, 4) is 17.6 Å². The van der Waals surface area contributed by atoms with Crippen molar-refractivity contribution in [2.75, 3.05) is 50.1 Å². The summed E-state index contributed by atoms with van der Waals surface area (Å²) >= 11 is 0. The average Bonchev–Trinajstić information content (AvgIpc) is 3.37. The van der Waals surface area contributed by atoms with Gasteiger partial charge in [0.25, 0.3) is 0 Å². The van der Waals surface area contributed by atoms with Crippen molar-refractivity contribution < 1.29 is 18.8 Å². The van der Waals surface area contributed by atoms with Gasteiger partial charge >= 0.3 is 6.03 Å². The molecule has 2 heterocycles. The molecule has 194 valence electrons. The number of urea groups is 1. The lowest BCUT2D eigenvalue weighted by Crippen LogP contribution is -2.37. The highest BCUT2D eigenvalue weighted by atomic mass is 16.5. The van der Waals surface area contributed by atoms with E-state index in [1.165, 1.54) is 0 Å². The first-order valence-corrected chi connectivity index (χ1v) is 12.6. The number of morpholine rings is 1. The third-order valence-electron chi connectivity index (χ3n) is 5.83. The Morgan fingerprint density at radius 2 is 1.65 bits per heavy atom. The summed E-state index contributed by atoms with van der Waals surface area (Å²) in [6, 6.07) is 16.5. The minimum absolute atomic E-state index is 0.181. The average molecular weight is 503 g/mol. The second kappa shape index (κ2) is 12.4. The largest absolute Gasteiger partial charge is 0.494 e. The molecule has 0 unspecified atom stereocenters. The highest BCUT2D eigenvalue weighted by Crippen LogP contribution is 2.24. The number of nitrogens with one attached hydrogen (secondary N) is 2. The maximum atomic E-state index is 12.3. The van der Waals surface area contributed by atoms with E-state index >= 15 is 0 Å². The second-order valence-corrected chi connectivity index (χ2v) is 9.91. The summed E-state index contributed by atoms with van der Waals surface area (Å²) in [5, 5.41) is 9.36. The summed E-state index contributed by atoms with van der Waals surface area (Å²) in [6.07, 6.45) is 0.992. The van der Waals surface area contributed by atoms with Crippen LogP contribution >= 0.6 is 0 Å². The predicted molar refractivity (Wildman–Crippen MR) is 144 cm³/mol. The van der Waals surface area contributed by atoms with Gasteiger partial charge in [-0.1, -0.05) is 37.8 Å². The molecule has 1 saturated heterocycles. The van der Waals surface area contributed by atoms with Crippen molar-refractivity contribution in [3.63, 3.8) is 0 Å². The van der Waals surface area contributed by atoms with Crippen LogP contribution in [0.1, 0.15) is 44.1 Å². The van der Waals surface area contributed by atoms with E-state index in [4.69, 9.17) is 14.0 Å². The van der Waals surface area contributed by atoms with Crippen LogP contribution in [0.15, 0.2) is 59.1 Å². The zero-order chi connectivity index (χ0) is 26.1. The van der Waals surface area contributed by atoms with Crippen molar-refractivity contribution in [2.45, 2.75) is 32.6 Å². The Morgan fingerprint density at radius 3 is 2.27 bits per heavy atom. The maximum absolute atomic E-state index is 12.3. The van der Waals surface area contributed by atoms with Crippen LogP contribution in [0, 0.1) is 11.8 Å². The highest BCUT2D eigenvalue weighted by Gasteiger charge is 2.20. The lowest BCUT2D eigenvalue weighted by molar-refractivity contribution is 0.0358. The summed E-state index contributed by atoms with van der Waals surface area (Å²) in [7, 11) is 0. The quantitative estimate of drug-likeness (QED) is 0.345. The van der Waals surface area contributed by atoms with E-state index in [0.29, 0.717) is 23.9 Å². The van der Waals surface area contributed by atoms with Gasteiger partial charge in [0.1, 0.15) is 11.5 Å². The first-order chi connectivity index (χ1) is 17.8. The van der Waals surface area contributed by atoms with E-state index < -0.39 is 6.03 Å². The molecule has 0 aliphatic carbocycles. The number of nitrogens with zero attached hydrogens (tertiary/aromatic N) is 2. The van der Waals surface area contributed by atoms with E-state index in [2.05, 4.69) is 32.5 Å². The summed E-state index contributed by atoms with van der Waals surface area (Å²) in [4.78, 5) is 14.7. The monoisotopic (exact) mass is 502 g/mol. The fraction of sp³-hybridized carbons (Fsp3) is 0.379. The van der Waals surface area contributed by atoms with Crippen LogP contribution in [0.3, 0.4) is 0 Å². The van der Waals surface area contributed by atoms with E-state index in [0.717, 1.165) is 56.1 Å². The van der Waals surface area contributed by atoms with Gasteiger partial charge in [0.15, 0.2) is 5.82 Å². The Balaban J connectivity index is 1.21. The molecular formula is C29H34N4O4. The number of benzene rings is 2. The smallest absolute Gasteiger partial charge is 0.324 e. The second-order valence-electron chi connectivity index (χ2n) is 9.91. The number of ether oxygens (including phenoxy) is 2. The number of aromatic nitrogens is 1. The Hall–Kier alpha value is -3.80. The van der Waals surface area contributed by atoms with Crippen molar-refractivity contribution in [2.24, 2.45) is 0 Å². The van der Waals surface area contributed by atoms with Gasteiger partial charge in [-0.2, -0.15) is 0 Å². The van der Waals surface area contributed by atoms with Crippen LogP contribution in [-0.2, 0) is 10.2 Å².